The van der Waals surface area contributed by atoms with Crippen molar-refractivity contribution < 1.29 is 9.59 Å². The number of para-hydroxylation sites is 2. The average molecular weight is 395 g/mol. The number of hydrogen-bond donors (Lipinski definition) is 1. The lowest BCUT2D eigenvalue weighted by Gasteiger charge is -2.39. The van der Waals surface area contributed by atoms with Gasteiger partial charge in [-0.2, -0.15) is 0 Å². The number of anilines is 2. The molecule has 1 aliphatic heterocycles. The fourth-order valence-electron chi connectivity index (χ4n) is 4.40. The molecule has 0 bridgehead atoms. The van der Waals surface area contributed by atoms with Crippen LogP contribution in [0.2, 0.25) is 5.02 Å². The van der Waals surface area contributed by atoms with E-state index < -0.39 is 12.0 Å². The summed E-state index contributed by atoms with van der Waals surface area (Å²) in [7, 11) is 0. The minimum atomic E-state index is -0.503. The summed E-state index contributed by atoms with van der Waals surface area (Å²) in [4.78, 5) is 27.9. The highest BCUT2D eigenvalue weighted by atomic mass is 35.5. The number of carbonyl (C=O) groups excluding carboxylic acids is 2. The van der Waals surface area contributed by atoms with E-state index in [1.807, 2.05) is 42.5 Å². The Kier molecular flexibility index (Phi) is 4.54. The van der Waals surface area contributed by atoms with E-state index in [0.717, 1.165) is 22.6 Å². The van der Waals surface area contributed by atoms with Gasteiger partial charge >= 0.3 is 0 Å². The highest BCUT2D eigenvalue weighted by Gasteiger charge is 2.46. The first-order valence-electron chi connectivity index (χ1n) is 9.44. The second-order valence-electron chi connectivity index (χ2n) is 8.21. The maximum atomic E-state index is 13.3. The average Bonchev–Trinajstić information content (AvgIpc) is 2.75. The van der Waals surface area contributed by atoms with Crippen molar-refractivity contribution in [1.29, 1.82) is 0 Å². The molecule has 0 saturated carbocycles. The van der Waals surface area contributed by atoms with Crippen LogP contribution in [-0.2, 0) is 9.59 Å². The highest BCUT2D eigenvalue weighted by molar-refractivity contribution is 6.31. The summed E-state index contributed by atoms with van der Waals surface area (Å²) in [5, 5.41) is 4.01. The molecule has 0 saturated heterocycles. The third-order valence-corrected chi connectivity index (χ3v) is 5.80. The number of Topliss-reactive ketones (excluding diaryl/α,β-unsaturated/α-hetero) is 1. The van der Waals surface area contributed by atoms with Crippen molar-refractivity contribution in [3.63, 3.8) is 0 Å². The van der Waals surface area contributed by atoms with Gasteiger partial charge < -0.3 is 10.2 Å². The molecule has 0 spiro atoms. The van der Waals surface area contributed by atoms with Crippen molar-refractivity contribution in [2.24, 2.45) is 11.3 Å². The molecular formula is C23H23ClN2O2. The first-order valence-corrected chi connectivity index (χ1v) is 9.82. The van der Waals surface area contributed by atoms with Gasteiger partial charge in [-0.1, -0.05) is 61.9 Å². The van der Waals surface area contributed by atoms with Crippen LogP contribution in [0.25, 0.3) is 0 Å². The SMILES string of the molecule is CC(=O)N1c2ccccc2NC2=CC(C)(C)CC(=O)C2C1c1ccccc1Cl. The Labute approximate surface area is 170 Å². The zero-order valence-corrected chi connectivity index (χ0v) is 17.0. The van der Waals surface area contributed by atoms with Gasteiger partial charge in [0, 0.05) is 24.1 Å². The number of allylic oxidation sites excluding steroid dienone is 1. The maximum Gasteiger partial charge on any atom is 0.224 e. The summed E-state index contributed by atoms with van der Waals surface area (Å²) in [6.07, 6.45) is 2.55. The lowest BCUT2D eigenvalue weighted by atomic mass is 9.72. The second-order valence-corrected chi connectivity index (χ2v) is 8.61. The van der Waals surface area contributed by atoms with Crippen LogP contribution >= 0.6 is 11.6 Å². The number of nitrogens with one attached hydrogen (secondary N) is 1. The summed E-state index contributed by atoms with van der Waals surface area (Å²) in [5.74, 6) is -0.513. The predicted molar refractivity (Wildman–Crippen MR) is 112 cm³/mol. The molecule has 1 aliphatic carbocycles. The van der Waals surface area contributed by atoms with E-state index in [1.54, 1.807) is 11.0 Å². The summed E-state index contributed by atoms with van der Waals surface area (Å²) >= 11 is 6.55. The van der Waals surface area contributed by atoms with Gasteiger partial charge in [-0.3, -0.25) is 9.59 Å². The lowest BCUT2D eigenvalue weighted by molar-refractivity contribution is -0.125. The van der Waals surface area contributed by atoms with E-state index in [1.165, 1.54) is 6.92 Å². The molecule has 144 valence electrons. The van der Waals surface area contributed by atoms with Crippen LogP contribution in [0.15, 0.2) is 60.3 Å². The summed E-state index contributed by atoms with van der Waals surface area (Å²) in [6.45, 7) is 5.65. The minimum Gasteiger partial charge on any atom is -0.357 e. The first kappa shape index (κ1) is 18.8. The lowest BCUT2D eigenvalue weighted by Crippen LogP contribution is -2.43. The summed E-state index contributed by atoms with van der Waals surface area (Å²) in [5.41, 5.74) is 2.93. The molecule has 28 heavy (non-hydrogen) atoms. The van der Waals surface area contributed by atoms with Crippen LogP contribution < -0.4 is 10.2 Å². The highest BCUT2D eigenvalue weighted by Crippen LogP contribution is 2.49. The van der Waals surface area contributed by atoms with Gasteiger partial charge in [-0.15, -0.1) is 0 Å². The van der Waals surface area contributed by atoms with Crippen molar-refractivity contribution in [2.75, 3.05) is 10.2 Å². The molecule has 5 heteroatoms. The number of halogens is 1. The van der Waals surface area contributed by atoms with E-state index >= 15 is 0 Å². The van der Waals surface area contributed by atoms with Gasteiger partial charge in [0.05, 0.1) is 23.3 Å². The van der Waals surface area contributed by atoms with E-state index in [9.17, 15) is 9.59 Å². The van der Waals surface area contributed by atoms with Crippen molar-refractivity contribution >= 4 is 34.7 Å². The number of benzene rings is 2. The molecule has 0 aromatic heterocycles. The van der Waals surface area contributed by atoms with Crippen LogP contribution in [0.4, 0.5) is 11.4 Å². The Morgan fingerprint density at radius 1 is 1.14 bits per heavy atom. The van der Waals surface area contributed by atoms with Gasteiger partial charge in [0.2, 0.25) is 5.91 Å². The summed E-state index contributed by atoms with van der Waals surface area (Å²) < 4.78 is 0. The number of nitrogens with zero attached hydrogens (tertiary/aromatic N) is 1. The number of amides is 1. The van der Waals surface area contributed by atoms with Gasteiger partial charge in [-0.25, -0.2) is 0 Å². The largest absolute Gasteiger partial charge is 0.357 e. The number of rotatable bonds is 1. The molecular weight excluding hydrogens is 372 g/mol. The zero-order chi connectivity index (χ0) is 20.1. The van der Waals surface area contributed by atoms with Crippen LogP contribution in [0.5, 0.6) is 0 Å². The number of fused-ring (bicyclic) bond motifs is 2. The topological polar surface area (TPSA) is 49.4 Å². The molecule has 1 amide bonds. The van der Waals surface area contributed by atoms with E-state index in [0.29, 0.717) is 11.4 Å². The third kappa shape index (κ3) is 3.12. The molecule has 2 aromatic carbocycles. The predicted octanol–water partition coefficient (Wildman–Crippen LogP) is 5.36. The smallest absolute Gasteiger partial charge is 0.224 e. The van der Waals surface area contributed by atoms with Crippen LogP contribution in [-0.4, -0.2) is 11.7 Å². The van der Waals surface area contributed by atoms with E-state index in [4.69, 9.17) is 11.6 Å². The normalized spacial score (nSPS) is 23.1. The fourth-order valence-corrected chi connectivity index (χ4v) is 4.64. The second kappa shape index (κ2) is 6.78. The van der Waals surface area contributed by atoms with Gasteiger partial charge in [0.15, 0.2) is 0 Å². The minimum absolute atomic E-state index is 0.110. The molecule has 0 fully saturated rings. The molecule has 4 nitrogen and oxygen atoms in total. The maximum absolute atomic E-state index is 13.3. The zero-order valence-electron chi connectivity index (χ0n) is 16.2. The molecule has 2 aromatic rings. The Morgan fingerprint density at radius 3 is 2.54 bits per heavy atom. The number of ketones is 1. The van der Waals surface area contributed by atoms with Crippen LogP contribution in [0, 0.1) is 11.3 Å². The monoisotopic (exact) mass is 394 g/mol. The molecule has 0 radical (unpaired) electrons. The van der Waals surface area contributed by atoms with Crippen molar-refractivity contribution in [1.82, 2.24) is 0 Å². The Balaban J connectivity index is 2.03. The standard InChI is InChI=1S/C23H23ClN2O2/c1-14(27)26-19-11-7-6-10-17(19)25-18-12-23(2,3)13-20(28)21(18)22(26)15-8-4-5-9-16(15)24/h4-12,21-22,25H,13H2,1-3H3. The van der Waals surface area contributed by atoms with Crippen molar-refractivity contribution in [2.45, 2.75) is 33.2 Å². The van der Waals surface area contributed by atoms with Crippen molar-refractivity contribution in [3.8, 4) is 0 Å². The number of hydrogen-bond acceptors (Lipinski definition) is 3. The van der Waals surface area contributed by atoms with Crippen LogP contribution in [0.1, 0.15) is 38.8 Å². The van der Waals surface area contributed by atoms with Crippen molar-refractivity contribution in [3.05, 3.63) is 70.9 Å². The Bertz CT molecular complexity index is 996. The molecule has 2 atom stereocenters. The van der Waals surface area contributed by atoms with Gasteiger partial charge in [-0.05, 0) is 29.2 Å². The first-order chi connectivity index (χ1) is 13.3. The van der Waals surface area contributed by atoms with E-state index in [-0.39, 0.29) is 17.1 Å². The quantitative estimate of drug-likeness (QED) is 0.708. The molecule has 4 rings (SSSR count). The van der Waals surface area contributed by atoms with E-state index in [2.05, 4.69) is 25.2 Å². The molecule has 1 N–H and O–H groups in total. The number of carbonyl (C=O) groups is 2. The molecule has 2 aliphatic rings. The summed E-state index contributed by atoms with van der Waals surface area (Å²) in [6, 6.07) is 14.6. The fraction of sp³-hybridized carbons (Fsp3) is 0.304. The van der Waals surface area contributed by atoms with Gasteiger partial charge in [0.25, 0.3) is 0 Å². The Hall–Kier alpha value is -2.59. The third-order valence-electron chi connectivity index (χ3n) is 5.46. The molecule has 2 unspecified atom stereocenters. The van der Waals surface area contributed by atoms with Crippen LogP contribution in [0.3, 0.4) is 0 Å². The Morgan fingerprint density at radius 2 is 1.82 bits per heavy atom. The van der Waals surface area contributed by atoms with Gasteiger partial charge in [0.1, 0.15) is 5.78 Å². The molecule has 1 heterocycles.